The van der Waals surface area contributed by atoms with Gasteiger partial charge in [0.2, 0.25) is 0 Å². The summed E-state index contributed by atoms with van der Waals surface area (Å²) in [6.45, 7) is -0.142. The Hall–Kier alpha value is -3.70. The molecule has 0 saturated carbocycles. The van der Waals surface area contributed by atoms with Gasteiger partial charge in [-0.1, -0.05) is 30.3 Å². The van der Waals surface area contributed by atoms with Gasteiger partial charge >= 0.3 is 18.5 Å². The van der Waals surface area contributed by atoms with Gasteiger partial charge in [-0.2, -0.15) is 39.5 Å². The lowest BCUT2D eigenvalue weighted by Crippen LogP contribution is -2.18. The first-order valence-electron chi connectivity index (χ1n) is 9.63. The Labute approximate surface area is 192 Å². The second kappa shape index (κ2) is 9.51. The first-order chi connectivity index (χ1) is 16.1. The van der Waals surface area contributed by atoms with Crippen LogP contribution in [0.3, 0.4) is 0 Å². The monoisotopic (exact) mass is 507 g/mol. The van der Waals surface area contributed by atoms with Crippen molar-refractivity contribution in [1.82, 2.24) is 0 Å². The molecule has 0 atom stereocenters. The Morgan fingerprint density at radius 3 is 1.74 bits per heavy atom. The molecule has 0 spiro atoms. The molecule has 3 aromatic carbocycles. The van der Waals surface area contributed by atoms with Gasteiger partial charge in [0.1, 0.15) is 12.4 Å². The van der Waals surface area contributed by atoms with E-state index >= 15 is 0 Å². The van der Waals surface area contributed by atoms with Crippen LogP contribution in [0, 0.1) is 0 Å². The lowest BCUT2D eigenvalue weighted by molar-refractivity contribution is -0.143. The predicted molar refractivity (Wildman–Crippen MR) is 107 cm³/mol. The number of hydrogen-bond donors (Lipinski definition) is 1. The van der Waals surface area contributed by atoms with E-state index in [1.807, 2.05) is 5.32 Å². The van der Waals surface area contributed by atoms with Crippen LogP contribution < -0.4 is 10.1 Å². The number of carbonyl (C=O) groups is 1. The van der Waals surface area contributed by atoms with Gasteiger partial charge in [0, 0.05) is 5.56 Å². The van der Waals surface area contributed by atoms with Crippen molar-refractivity contribution in [2.75, 3.05) is 5.32 Å². The van der Waals surface area contributed by atoms with Gasteiger partial charge in [0.05, 0.1) is 22.4 Å². The fourth-order valence-corrected chi connectivity index (χ4v) is 2.95. The van der Waals surface area contributed by atoms with Gasteiger partial charge in [0.25, 0.3) is 5.91 Å². The number of nitrogens with one attached hydrogen (secondary N) is 1. The molecule has 0 bridgehead atoms. The third-order valence-corrected chi connectivity index (χ3v) is 4.64. The largest absolute Gasteiger partial charge is 0.487 e. The maximum absolute atomic E-state index is 13.2. The Morgan fingerprint density at radius 1 is 0.686 bits per heavy atom. The van der Waals surface area contributed by atoms with Crippen molar-refractivity contribution in [1.29, 1.82) is 0 Å². The molecule has 0 heterocycles. The van der Waals surface area contributed by atoms with Crippen LogP contribution in [0.4, 0.5) is 45.2 Å². The number of hydrogen-bond acceptors (Lipinski definition) is 2. The van der Waals surface area contributed by atoms with Crippen LogP contribution in [0.15, 0.2) is 66.7 Å². The maximum atomic E-state index is 13.2. The van der Waals surface area contributed by atoms with Crippen molar-refractivity contribution < 1.29 is 49.0 Å². The van der Waals surface area contributed by atoms with Gasteiger partial charge in [-0.25, -0.2) is 0 Å². The zero-order valence-electron chi connectivity index (χ0n) is 17.3. The van der Waals surface area contributed by atoms with E-state index in [-0.39, 0.29) is 30.6 Å². The molecule has 0 saturated heterocycles. The maximum Gasteiger partial charge on any atom is 0.416 e. The van der Waals surface area contributed by atoms with Crippen molar-refractivity contribution in [3.05, 3.63) is 94.5 Å². The van der Waals surface area contributed by atoms with Crippen LogP contribution in [-0.2, 0) is 25.1 Å². The summed E-state index contributed by atoms with van der Waals surface area (Å²) in [7, 11) is 0. The van der Waals surface area contributed by atoms with Gasteiger partial charge < -0.3 is 10.1 Å². The molecule has 186 valence electrons. The molecule has 0 unspecified atom stereocenters. The molecule has 0 radical (unpaired) electrons. The first-order valence-corrected chi connectivity index (χ1v) is 9.63. The Bertz CT molecular complexity index is 1170. The third-order valence-electron chi connectivity index (χ3n) is 4.64. The summed E-state index contributed by atoms with van der Waals surface area (Å²) in [5.41, 5.74) is -5.76. The summed E-state index contributed by atoms with van der Waals surface area (Å²) >= 11 is 0. The van der Waals surface area contributed by atoms with E-state index in [0.717, 1.165) is 6.07 Å². The number of halogens is 9. The second-order valence-electron chi connectivity index (χ2n) is 7.23. The van der Waals surface area contributed by atoms with E-state index in [1.165, 1.54) is 0 Å². The molecule has 0 aliphatic rings. The lowest BCUT2D eigenvalue weighted by Gasteiger charge is -2.17. The summed E-state index contributed by atoms with van der Waals surface area (Å²) in [6, 6.07) is 10.5. The Balaban J connectivity index is 1.99. The number of alkyl halides is 9. The van der Waals surface area contributed by atoms with E-state index in [0.29, 0.717) is 17.7 Å². The topological polar surface area (TPSA) is 38.3 Å². The van der Waals surface area contributed by atoms with Crippen molar-refractivity contribution >= 4 is 11.6 Å². The third kappa shape index (κ3) is 6.67. The molecule has 1 N–H and O–H groups in total. The van der Waals surface area contributed by atoms with Crippen LogP contribution in [0.1, 0.15) is 32.6 Å². The van der Waals surface area contributed by atoms with E-state index in [2.05, 4.69) is 0 Å². The SMILES string of the molecule is O=C(Nc1cc(C(F)(F)F)ccc1OCc1ccccc1)c1cc(C(F)(F)F)cc(C(F)(F)F)c1. The molecule has 1 amide bonds. The summed E-state index contributed by atoms with van der Waals surface area (Å²) in [5, 5.41) is 1.93. The summed E-state index contributed by atoms with van der Waals surface area (Å²) in [4.78, 5) is 12.6. The number of rotatable bonds is 5. The summed E-state index contributed by atoms with van der Waals surface area (Å²) < 4.78 is 124. The summed E-state index contributed by atoms with van der Waals surface area (Å²) in [6.07, 6.45) is -15.3. The molecular weight excluding hydrogens is 493 g/mol. The van der Waals surface area contributed by atoms with Crippen molar-refractivity contribution in [3.63, 3.8) is 0 Å². The number of benzene rings is 3. The molecule has 0 fully saturated rings. The van der Waals surface area contributed by atoms with Gasteiger partial charge in [0.15, 0.2) is 0 Å². The van der Waals surface area contributed by atoms with Crippen LogP contribution in [-0.4, -0.2) is 5.91 Å². The van der Waals surface area contributed by atoms with Gasteiger partial charge in [-0.05, 0) is 42.0 Å². The second-order valence-corrected chi connectivity index (χ2v) is 7.23. The zero-order chi connectivity index (χ0) is 26.0. The van der Waals surface area contributed by atoms with Crippen molar-refractivity contribution in [2.24, 2.45) is 0 Å². The highest BCUT2D eigenvalue weighted by Gasteiger charge is 2.38. The average Bonchev–Trinajstić information content (AvgIpc) is 2.76. The first kappa shape index (κ1) is 25.9. The quantitative estimate of drug-likeness (QED) is 0.362. The fourth-order valence-electron chi connectivity index (χ4n) is 2.95. The van der Waals surface area contributed by atoms with E-state index < -0.39 is 52.4 Å². The lowest BCUT2D eigenvalue weighted by atomic mass is 10.0. The van der Waals surface area contributed by atoms with Crippen LogP contribution in [0.25, 0.3) is 0 Å². The number of amides is 1. The minimum atomic E-state index is -5.21. The molecule has 12 heteroatoms. The molecular formula is C23H14F9NO2. The van der Waals surface area contributed by atoms with Crippen molar-refractivity contribution in [3.8, 4) is 5.75 Å². The standard InChI is InChI=1S/C23H14F9NO2/c24-21(25,26)15-6-7-19(35-12-13-4-2-1-3-5-13)18(11-15)33-20(34)14-8-16(22(27,28)29)10-17(9-14)23(30,31)32/h1-11H,12H2,(H,33,34). The van der Waals surface area contributed by atoms with Gasteiger partial charge in [-0.15, -0.1) is 0 Å². The molecule has 3 aromatic rings. The highest BCUT2D eigenvalue weighted by Crippen LogP contribution is 2.38. The average molecular weight is 507 g/mol. The van der Waals surface area contributed by atoms with Gasteiger partial charge in [-0.3, -0.25) is 4.79 Å². The highest BCUT2D eigenvalue weighted by molar-refractivity contribution is 6.05. The number of ether oxygens (including phenoxy) is 1. The molecule has 3 rings (SSSR count). The summed E-state index contributed by atoms with van der Waals surface area (Å²) in [5.74, 6) is -1.77. The highest BCUT2D eigenvalue weighted by atomic mass is 19.4. The van der Waals surface area contributed by atoms with Crippen molar-refractivity contribution in [2.45, 2.75) is 25.1 Å². The molecule has 35 heavy (non-hydrogen) atoms. The Morgan fingerprint density at radius 2 is 1.23 bits per heavy atom. The minimum absolute atomic E-state index is 0.142. The van der Waals surface area contributed by atoms with Crippen LogP contribution in [0.2, 0.25) is 0 Å². The predicted octanol–water partition coefficient (Wildman–Crippen LogP) is 7.57. The minimum Gasteiger partial charge on any atom is -0.487 e. The number of anilines is 1. The normalized spacial score (nSPS) is 12.4. The Kier molecular flexibility index (Phi) is 7.04. The van der Waals surface area contributed by atoms with Crippen LogP contribution >= 0.6 is 0 Å². The number of carbonyl (C=O) groups excluding carboxylic acids is 1. The molecule has 0 aliphatic carbocycles. The molecule has 0 aromatic heterocycles. The van der Waals surface area contributed by atoms with E-state index in [1.54, 1.807) is 30.3 Å². The van der Waals surface area contributed by atoms with E-state index in [4.69, 9.17) is 4.74 Å². The van der Waals surface area contributed by atoms with Crippen LogP contribution in [0.5, 0.6) is 5.75 Å². The zero-order valence-corrected chi connectivity index (χ0v) is 17.3. The smallest absolute Gasteiger partial charge is 0.416 e. The molecule has 3 nitrogen and oxygen atoms in total. The van der Waals surface area contributed by atoms with E-state index in [9.17, 15) is 44.3 Å². The fraction of sp³-hybridized carbons (Fsp3) is 0.174. The molecule has 0 aliphatic heterocycles.